The quantitative estimate of drug-likeness (QED) is 0.250. The van der Waals surface area contributed by atoms with Gasteiger partial charge in [-0.1, -0.05) is 13.3 Å². The maximum Gasteiger partial charge on any atom is 0.320 e. The Labute approximate surface area is 96.1 Å². The normalized spacial score (nSPS) is 12.1. The number of aliphatic imine (C=N–C) groups is 1. The molecule has 94 valence electrons. The molecule has 0 unspecified atom stereocenters. The van der Waals surface area contributed by atoms with Gasteiger partial charge in [0.1, 0.15) is 6.04 Å². The van der Waals surface area contributed by atoms with Gasteiger partial charge < -0.3 is 21.9 Å². The summed E-state index contributed by atoms with van der Waals surface area (Å²) in [6, 6.07) is -0.499. The van der Waals surface area contributed by atoms with Gasteiger partial charge in [0.05, 0.1) is 0 Å². The van der Waals surface area contributed by atoms with Crippen LogP contribution in [0, 0.1) is 0 Å². The molecule has 6 N–H and O–H groups in total. The molecule has 0 aromatic heterocycles. The van der Waals surface area contributed by atoms with E-state index in [0.717, 1.165) is 19.4 Å². The number of carboxylic acid groups (broad SMARTS) is 1. The Balaban J connectivity index is 3.77. The zero-order valence-corrected chi connectivity index (χ0v) is 9.78. The summed E-state index contributed by atoms with van der Waals surface area (Å²) in [5.74, 6) is -0.772. The Morgan fingerprint density at radius 2 is 2.12 bits per heavy atom. The van der Waals surface area contributed by atoms with Crippen LogP contribution < -0.4 is 16.8 Å². The molecule has 0 aromatic carbocycles. The van der Waals surface area contributed by atoms with Gasteiger partial charge >= 0.3 is 5.97 Å². The fourth-order valence-electron chi connectivity index (χ4n) is 1.27. The second-order valence-corrected chi connectivity index (χ2v) is 3.65. The third-order valence-corrected chi connectivity index (χ3v) is 2.16. The van der Waals surface area contributed by atoms with E-state index < -0.39 is 12.0 Å². The van der Waals surface area contributed by atoms with Crippen LogP contribution in [0.3, 0.4) is 0 Å². The van der Waals surface area contributed by atoms with Crippen molar-refractivity contribution in [1.29, 1.82) is 0 Å². The molecule has 0 saturated carbocycles. The van der Waals surface area contributed by atoms with Gasteiger partial charge in [0.2, 0.25) is 0 Å². The average molecular weight is 230 g/mol. The van der Waals surface area contributed by atoms with Gasteiger partial charge in [0.15, 0.2) is 5.96 Å². The summed E-state index contributed by atoms with van der Waals surface area (Å²) >= 11 is 0. The molecule has 0 aliphatic heterocycles. The van der Waals surface area contributed by atoms with Crippen molar-refractivity contribution in [3.05, 3.63) is 0 Å². The van der Waals surface area contributed by atoms with Gasteiger partial charge in [0, 0.05) is 6.54 Å². The minimum absolute atomic E-state index is 0.0471. The van der Waals surface area contributed by atoms with Crippen LogP contribution in [-0.4, -0.2) is 36.2 Å². The first-order valence-electron chi connectivity index (χ1n) is 5.59. The van der Waals surface area contributed by atoms with Crippen LogP contribution in [0.2, 0.25) is 0 Å². The molecular weight excluding hydrogens is 208 g/mol. The minimum atomic E-state index is -0.819. The van der Waals surface area contributed by atoms with Crippen molar-refractivity contribution in [3.8, 4) is 0 Å². The van der Waals surface area contributed by atoms with Crippen molar-refractivity contribution in [2.75, 3.05) is 13.1 Å². The lowest BCUT2D eigenvalue weighted by Crippen LogP contribution is -2.37. The molecule has 0 saturated heterocycles. The first-order valence-corrected chi connectivity index (χ1v) is 5.59. The molecule has 0 amide bonds. The lowest BCUT2D eigenvalue weighted by atomic mass is 10.1. The molecule has 1 atom stereocenters. The highest BCUT2D eigenvalue weighted by Crippen LogP contribution is 1.99. The van der Waals surface area contributed by atoms with E-state index in [-0.39, 0.29) is 5.96 Å². The summed E-state index contributed by atoms with van der Waals surface area (Å²) in [7, 11) is 0. The van der Waals surface area contributed by atoms with E-state index in [2.05, 4.69) is 17.2 Å². The number of guanidine groups is 1. The number of rotatable bonds is 9. The second-order valence-electron chi connectivity index (χ2n) is 3.65. The molecule has 16 heavy (non-hydrogen) atoms. The molecule has 0 rings (SSSR count). The standard InChI is InChI=1S/C10H22N4O2/c1-2-3-6-13-8(9(15)16)5-4-7-14-10(11)12/h8,13H,2-7H2,1H3,(H,15,16)(H4,11,12,14)/t8-/m1/s1. The maximum absolute atomic E-state index is 10.9. The lowest BCUT2D eigenvalue weighted by molar-refractivity contribution is -0.139. The predicted molar refractivity (Wildman–Crippen MR) is 64.2 cm³/mol. The molecule has 0 heterocycles. The summed E-state index contributed by atoms with van der Waals surface area (Å²) in [5.41, 5.74) is 10.3. The van der Waals surface area contributed by atoms with Crippen molar-refractivity contribution < 1.29 is 9.90 Å². The summed E-state index contributed by atoms with van der Waals surface area (Å²) in [5, 5.41) is 11.9. The van der Waals surface area contributed by atoms with Gasteiger partial charge in [-0.3, -0.25) is 9.79 Å². The molecule has 0 aliphatic carbocycles. The van der Waals surface area contributed by atoms with E-state index in [9.17, 15) is 4.79 Å². The van der Waals surface area contributed by atoms with Crippen molar-refractivity contribution in [1.82, 2.24) is 5.32 Å². The van der Waals surface area contributed by atoms with Gasteiger partial charge in [0.25, 0.3) is 0 Å². The van der Waals surface area contributed by atoms with Crippen molar-refractivity contribution in [2.24, 2.45) is 16.5 Å². The van der Waals surface area contributed by atoms with Crippen LogP contribution in [0.5, 0.6) is 0 Å². The van der Waals surface area contributed by atoms with Crippen LogP contribution in [0.15, 0.2) is 4.99 Å². The highest BCUT2D eigenvalue weighted by Gasteiger charge is 2.15. The van der Waals surface area contributed by atoms with E-state index in [0.29, 0.717) is 19.4 Å². The zero-order valence-electron chi connectivity index (χ0n) is 9.78. The van der Waals surface area contributed by atoms with Gasteiger partial charge in [-0.2, -0.15) is 0 Å². The summed E-state index contributed by atoms with van der Waals surface area (Å²) in [6.07, 6.45) is 3.23. The number of carbonyl (C=O) groups is 1. The Morgan fingerprint density at radius 1 is 1.44 bits per heavy atom. The average Bonchev–Trinajstić information content (AvgIpc) is 2.21. The fraction of sp³-hybridized carbons (Fsp3) is 0.800. The maximum atomic E-state index is 10.9. The Kier molecular flexibility index (Phi) is 8.24. The third kappa shape index (κ3) is 8.05. The number of unbranched alkanes of at least 4 members (excludes halogenated alkanes) is 1. The molecule has 0 aromatic rings. The van der Waals surface area contributed by atoms with E-state index >= 15 is 0 Å². The lowest BCUT2D eigenvalue weighted by Gasteiger charge is -2.13. The van der Waals surface area contributed by atoms with Crippen LogP contribution in [0.1, 0.15) is 32.6 Å². The number of nitrogens with one attached hydrogen (secondary N) is 1. The summed E-state index contributed by atoms with van der Waals surface area (Å²) < 4.78 is 0. The molecule has 6 nitrogen and oxygen atoms in total. The minimum Gasteiger partial charge on any atom is -0.480 e. The van der Waals surface area contributed by atoms with Gasteiger partial charge in [-0.25, -0.2) is 0 Å². The SMILES string of the molecule is CCCCN[C@H](CCCN=C(N)N)C(=O)O. The highest BCUT2D eigenvalue weighted by molar-refractivity contribution is 5.75. The Hall–Kier alpha value is -1.30. The Morgan fingerprint density at radius 3 is 2.62 bits per heavy atom. The van der Waals surface area contributed by atoms with Gasteiger partial charge in [-0.15, -0.1) is 0 Å². The number of aliphatic carboxylic acids is 1. The van der Waals surface area contributed by atoms with Crippen LogP contribution in [0.25, 0.3) is 0 Å². The van der Waals surface area contributed by atoms with Crippen LogP contribution in [-0.2, 0) is 4.79 Å². The number of hydrogen-bond acceptors (Lipinski definition) is 3. The predicted octanol–water partition coefficient (Wildman–Crippen LogP) is -0.117. The molecule has 0 radical (unpaired) electrons. The summed E-state index contributed by atoms with van der Waals surface area (Å²) in [4.78, 5) is 14.7. The topological polar surface area (TPSA) is 114 Å². The van der Waals surface area contributed by atoms with E-state index in [1.165, 1.54) is 0 Å². The first kappa shape index (κ1) is 14.7. The van der Waals surface area contributed by atoms with Crippen LogP contribution in [0.4, 0.5) is 0 Å². The fourth-order valence-corrected chi connectivity index (χ4v) is 1.27. The van der Waals surface area contributed by atoms with E-state index in [4.69, 9.17) is 16.6 Å². The summed E-state index contributed by atoms with van der Waals surface area (Å²) in [6.45, 7) is 3.27. The molecule has 0 fully saturated rings. The van der Waals surface area contributed by atoms with Crippen molar-refractivity contribution >= 4 is 11.9 Å². The smallest absolute Gasteiger partial charge is 0.320 e. The van der Waals surface area contributed by atoms with Gasteiger partial charge in [-0.05, 0) is 25.8 Å². The number of nitrogens with two attached hydrogens (primary N) is 2. The van der Waals surface area contributed by atoms with Crippen LogP contribution >= 0.6 is 0 Å². The zero-order chi connectivity index (χ0) is 12.4. The number of hydrogen-bond donors (Lipinski definition) is 4. The van der Waals surface area contributed by atoms with E-state index in [1.54, 1.807) is 0 Å². The van der Waals surface area contributed by atoms with Crippen molar-refractivity contribution in [2.45, 2.75) is 38.6 Å². The molecular formula is C10H22N4O2. The first-order chi connectivity index (χ1) is 7.57. The number of nitrogens with zero attached hydrogens (tertiary/aromatic N) is 1. The molecule has 6 heteroatoms. The highest BCUT2D eigenvalue weighted by atomic mass is 16.4. The largest absolute Gasteiger partial charge is 0.480 e. The Bertz CT molecular complexity index is 227. The molecule has 0 bridgehead atoms. The van der Waals surface area contributed by atoms with E-state index in [1.807, 2.05) is 0 Å². The molecule has 0 spiro atoms. The van der Waals surface area contributed by atoms with Crippen molar-refractivity contribution in [3.63, 3.8) is 0 Å². The number of carboxylic acids is 1. The monoisotopic (exact) mass is 230 g/mol. The third-order valence-electron chi connectivity index (χ3n) is 2.16. The molecule has 0 aliphatic rings. The second kappa shape index (κ2) is 8.96.